The molecule has 1 aromatic heterocycles. The first-order valence-corrected chi connectivity index (χ1v) is 2.94. The Morgan fingerprint density at radius 1 is 1.64 bits per heavy atom. The molecule has 60 valence electrons. The van der Waals surface area contributed by atoms with Crippen molar-refractivity contribution in [2.75, 3.05) is 5.73 Å². The number of H-pyrrole nitrogens is 1. The summed E-state index contributed by atoms with van der Waals surface area (Å²) in [4.78, 5) is 12.8. The smallest absolute Gasteiger partial charge is 0.356 e. The van der Waals surface area contributed by atoms with Gasteiger partial charge >= 0.3 is 5.97 Å². The molecule has 0 bridgehead atoms. The number of aromatic nitrogens is 1. The van der Waals surface area contributed by atoms with Crippen molar-refractivity contribution in [3.63, 3.8) is 0 Å². The lowest BCUT2D eigenvalue weighted by Gasteiger charge is -1.89. The van der Waals surface area contributed by atoms with E-state index in [1.54, 1.807) is 6.92 Å². The molecule has 0 aromatic carbocycles. The molecule has 0 radical (unpaired) electrons. The zero-order valence-corrected chi connectivity index (χ0v) is 5.88. The van der Waals surface area contributed by atoms with E-state index < -0.39 is 11.7 Å². The maximum absolute atomic E-state index is 10.3. The van der Waals surface area contributed by atoms with Gasteiger partial charge < -0.3 is 20.9 Å². The fourth-order valence-corrected chi connectivity index (χ4v) is 0.781. The average molecular weight is 156 g/mol. The minimum Gasteiger partial charge on any atom is -0.504 e. The summed E-state index contributed by atoms with van der Waals surface area (Å²) in [6.07, 6.45) is 0. The van der Waals surface area contributed by atoms with Crippen LogP contribution < -0.4 is 5.73 Å². The van der Waals surface area contributed by atoms with E-state index in [1.807, 2.05) is 0 Å². The van der Waals surface area contributed by atoms with Crippen LogP contribution in [0.3, 0.4) is 0 Å². The van der Waals surface area contributed by atoms with Crippen molar-refractivity contribution in [2.45, 2.75) is 6.92 Å². The maximum Gasteiger partial charge on any atom is 0.356 e. The maximum atomic E-state index is 10.3. The third-order valence-corrected chi connectivity index (χ3v) is 1.42. The minimum absolute atomic E-state index is 0.0856. The third-order valence-electron chi connectivity index (χ3n) is 1.42. The molecule has 0 aliphatic rings. The molecule has 1 heterocycles. The number of nitrogens with two attached hydrogens (primary N) is 1. The summed E-state index contributed by atoms with van der Waals surface area (Å²) in [5.74, 6) is -1.61. The second kappa shape index (κ2) is 2.19. The van der Waals surface area contributed by atoms with Gasteiger partial charge in [0.15, 0.2) is 11.4 Å². The fraction of sp³-hybridized carbons (Fsp3) is 0.167. The predicted molar refractivity (Wildman–Crippen MR) is 38.6 cm³/mol. The molecule has 0 saturated carbocycles. The highest BCUT2D eigenvalue weighted by Gasteiger charge is 2.16. The Hall–Kier alpha value is -1.65. The van der Waals surface area contributed by atoms with Crippen LogP contribution in [0.25, 0.3) is 0 Å². The van der Waals surface area contributed by atoms with Crippen molar-refractivity contribution in [1.82, 2.24) is 4.98 Å². The Kier molecular flexibility index (Phi) is 1.48. The Bertz CT molecular complexity index is 303. The van der Waals surface area contributed by atoms with Gasteiger partial charge in [0.25, 0.3) is 0 Å². The number of carbonyl (C=O) groups is 1. The molecule has 5 N–H and O–H groups in total. The van der Waals surface area contributed by atoms with E-state index in [9.17, 15) is 4.79 Å². The summed E-state index contributed by atoms with van der Waals surface area (Å²) in [5, 5.41) is 17.5. The Balaban J connectivity index is 3.29. The van der Waals surface area contributed by atoms with Crippen LogP contribution in [0.2, 0.25) is 0 Å². The lowest BCUT2D eigenvalue weighted by Crippen LogP contribution is -1.96. The highest BCUT2D eigenvalue weighted by Crippen LogP contribution is 2.27. The van der Waals surface area contributed by atoms with E-state index in [4.69, 9.17) is 15.9 Å². The number of aryl methyl sites for hydroxylation is 1. The van der Waals surface area contributed by atoms with Gasteiger partial charge in [0.2, 0.25) is 0 Å². The minimum atomic E-state index is -1.22. The van der Waals surface area contributed by atoms with Crippen LogP contribution in [0.4, 0.5) is 5.69 Å². The number of hydrogen-bond acceptors (Lipinski definition) is 3. The van der Waals surface area contributed by atoms with Crippen molar-refractivity contribution >= 4 is 11.7 Å². The van der Waals surface area contributed by atoms with Crippen LogP contribution in [0, 0.1) is 6.92 Å². The summed E-state index contributed by atoms with van der Waals surface area (Å²) in [6, 6.07) is 0. The van der Waals surface area contributed by atoms with Crippen molar-refractivity contribution in [2.24, 2.45) is 0 Å². The van der Waals surface area contributed by atoms with E-state index in [-0.39, 0.29) is 11.4 Å². The monoisotopic (exact) mass is 156 g/mol. The van der Waals surface area contributed by atoms with Crippen molar-refractivity contribution in [3.05, 3.63) is 11.4 Å². The van der Waals surface area contributed by atoms with Crippen LogP contribution in [0.15, 0.2) is 0 Å². The van der Waals surface area contributed by atoms with E-state index >= 15 is 0 Å². The van der Waals surface area contributed by atoms with Crippen LogP contribution in [0.5, 0.6) is 5.75 Å². The predicted octanol–water partition coefficient (Wildman–Crippen LogP) is 0.309. The highest BCUT2D eigenvalue weighted by molar-refractivity contribution is 5.91. The first-order chi connectivity index (χ1) is 5.04. The molecule has 0 atom stereocenters. The third kappa shape index (κ3) is 1.000. The van der Waals surface area contributed by atoms with Crippen molar-refractivity contribution in [1.29, 1.82) is 0 Å². The van der Waals surface area contributed by atoms with E-state index in [2.05, 4.69) is 4.98 Å². The Labute approximate surface area is 62.5 Å². The summed E-state index contributed by atoms with van der Waals surface area (Å²) >= 11 is 0. The number of nitrogens with one attached hydrogen (secondary N) is 1. The van der Waals surface area contributed by atoms with Crippen molar-refractivity contribution in [3.8, 4) is 5.75 Å². The number of carboxylic acids is 1. The van der Waals surface area contributed by atoms with Gasteiger partial charge in [0.05, 0.1) is 5.69 Å². The molecular formula is C6H8N2O3. The largest absolute Gasteiger partial charge is 0.504 e. The molecule has 1 aromatic rings. The first-order valence-electron chi connectivity index (χ1n) is 2.94. The zero-order valence-electron chi connectivity index (χ0n) is 5.88. The Morgan fingerprint density at radius 3 is 2.36 bits per heavy atom. The number of hydrogen-bond donors (Lipinski definition) is 4. The molecule has 0 aliphatic heterocycles. The molecule has 0 amide bonds. The van der Waals surface area contributed by atoms with Gasteiger partial charge in [0, 0.05) is 5.69 Å². The fourth-order valence-electron chi connectivity index (χ4n) is 0.781. The van der Waals surface area contributed by atoms with Crippen molar-refractivity contribution < 1.29 is 15.0 Å². The lowest BCUT2D eigenvalue weighted by molar-refractivity contribution is 0.0688. The summed E-state index contributed by atoms with van der Waals surface area (Å²) in [5.41, 5.74) is 5.58. The van der Waals surface area contributed by atoms with Gasteiger partial charge in [-0.25, -0.2) is 4.79 Å². The molecule has 0 saturated heterocycles. The SMILES string of the molecule is Cc1[nH]c(C(=O)O)c(O)c1N. The molecule has 0 fully saturated rings. The number of rotatable bonds is 1. The van der Waals surface area contributed by atoms with Gasteiger partial charge in [-0.3, -0.25) is 0 Å². The molecule has 1 rings (SSSR count). The summed E-state index contributed by atoms with van der Waals surface area (Å²) in [7, 11) is 0. The second-order valence-corrected chi connectivity index (χ2v) is 2.19. The molecular weight excluding hydrogens is 148 g/mol. The lowest BCUT2D eigenvalue weighted by atomic mass is 10.3. The van der Waals surface area contributed by atoms with Gasteiger partial charge in [0.1, 0.15) is 0 Å². The van der Waals surface area contributed by atoms with Gasteiger partial charge in [-0.05, 0) is 6.92 Å². The standard InChI is InChI=1S/C6H8N2O3/c1-2-3(7)5(9)4(8-2)6(10)11/h8-9H,7H2,1H3,(H,10,11). The van der Waals surface area contributed by atoms with E-state index in [0.717, 1.165) is 0 Å². The van der Waals surface area contributed by atoms with Crippen LogP contribution in [-0.2, 0) is 0 Å². The van der Waals surface area contributed by atoms with Gasteiger partial charge in [-0.2, -0.15) is 0 Å². The molecule has 5 heteroatoms. The van der Waals surface area contributed by atoms with Gasteiger partial charge in [-0.1, -0.05) is 0 Å². The van der Waals surface area contributed by atoms with Crippen LogP contribution in [-0.4, -0.2) is 21.2 Å². The first kappa shape index (κ1) is 7.46. The number of aromatic carboxylic acids is 1. The average Bonchev–Trinajstić information content (AvgIpc) is 2.17. The number of carboxylic acid groups (broad SMARTS) is 1. The molecule has 0 unspecified atom stereocenters. The quantitative estimate of drug-likeness (QED) is 0.470. The summed E-state index contributed by atoms with van der Waals surface area (Å²) in [6.45, 7) is 1.58. The van der Waals surface area contributed by atoms with Crippen LogP contribution >= 0.6 is 0 Å². The normalized spacial score (nSPS) is 9.91. The van der Waals surface area contributed by atoms with E-state index in [1.165, 1.54) is 0 Å². The zero-order chi connectivity index (χ0) is 8.59. The number of anilines is 1. The Morgan fingerprint density at radius 2 is 2.18 bits per heavy atom. The number of aromatic hydroxyl groups is 1. The molecule has 0 spiro atoms. The number of aromatic amines is 1. The highest BCUT2D eigenvalue weighted by atomic mass is 16.4. The molecule has 5 nitrogen and oxygen atoms in total. The molecule has 0 aliphatic carbocycles. The summed E-state index contributed by atoms with van der Waals surface area (Å²) < 4.78 is 0. The van der Waals surface area contributed by atoms with Gasteiger partial charge in [-0.15, -0.1) is 0 Å². The van der Waals surface area contributed by atoms with Crippen LogP contribution in [0.1, 0.15) is 16.2 Å². The second-order valence-electron chi connectivity index (χ2n) is 2.19. The molecule has 11 heavy (non-hydrogen) atoms. The van der Waals surface area contributed by atoms with E-state index in [0.29, 0.717) is 5.69 Å². The topological polar surface area (TPSA) is 99.3 Å². The number of nitrogen functional groups attached to an aromatic ring is 1.